The number of benzene rings is 1. The van der Waals surface area contributed by atoms with Gasteiger partial charge >= 0.3 is 5.97 Å². The van der Waals surface area contributed by atoms with Crippen molar-refractivity contribution >= 4 is 23.6 Å². The number of carbonyl (C=O) groups is 2. The second kappa shape index (κ2) is 7.17. The van der Waals surface area contributed by atoms with E-state index in [4.69, 9.17) is 4.74 Å². The molecule has 1 N–H and O–H groups in total. The lowest BCUT2D eigenvalue weighted by atomic mass is 10.1. The first-order valence-electron chi connectivity index (χ1n) is 6.59. The van der Waals surface area contributed by atoms with Gasteiger partial charge in [0.25, 0.3) is 5.91 Å². The Balaban J connectivity index is 2.25. The number of thioether (sulfide) groups is 1. The topological polar surface area (TPSA) is 66.8 Å². The summed E-state index contributed by atoms with van der Waals surface area (Å²) in [5.41, 5.74) is 0.387. The van der Waals surface area contributed by atoms with Gasteiger partial charge in [0.2, 0.25) is 0 Å². The van der Waals surface area contributed by atoms with Crippen LogP contribution >= 0.6 is 11.8 Å². The van der Waals surface area contributed by atoms with Crippen LogP contribution in [0.1, 0.15) is 10.4 Å². The molecule has 1 saturated heterocycles. The highest BCUT2D eigenvalue weighted by molar-refractivity contribution is 7.99. The molecule has 6 heteroatoms. The molecule has 112 valence electrons. The maximum Gasteiger partial charge on any atom is 0.327 e. The molecule has 1 atom stereocenters. The first-order valence-corrected chi connectivity index (χ1v) is 7.75. The van der Waals surface area contributed by atoms with Crippen molar-refractivity contribution in [2.45, 2.75) is 6.04 Å². The second-order valence-electron chi connectivity index (χ2n) is 4.52. The van der Waals surface area contributed by atoms with Crippen LogP contribution in [0.4, 0.5) is 0 Å². The highest BCUT2D eigenvalue weighted by Gasteiger charge is 2.33. The third-order valence-electron chi connectivity index (χ3n) is 3.15. The molecule has 0 aromatic heterocycles. The molecule has 0 bridgehead atoms. The number of rotatable bonds is 5. The van der Waals surface area contributed by atoms with Crippen molar-refractivity contribution in [3.05, 3.63) is 42.5 Å². The lowest BCUT2D eigenvalue weighted by molar-refractivity contribution is -0.141. The van der Waals surface area contributed by atoms with E-state index in [0.29, 0.717) is 30.2 Å². The monoisotopic (exact) mass is 307 g/mol. The Hall–Kier alpha value is -1.95. The molecular formula is C15H17NO4S. The third kappa shape index (κ3) is 3.58. The number of hydrogen-bond acceptors (Lipinski definition) is 4. The van der Waals surface area contributed by atoms with E-state index in [1.807, 2.05) is 0 Å². The van der Waals surface area contributed by atoms with E-state index in [1.54, 1.807) is 42.1 Å². The van der Waals surface area contributed by atoms with Gasteiger partial charge in [-0.05, 0) is 12.1 Å². The van der Waals surface area contributed by atoms with Gasteiger partial charge in [0, 0.05) is 18.1 Å². The van der Waals surface area contributed by atoms with Gasteiger partial charge in [-0.25, -0.2) is 4.79 Å². The summed E-state index contributed by atoms with van der Waals surface area (Å²) in [4.78, 5) is 25.4. The molecule has 21 heavy (non-hydrogen) atoms. The molecule has 0 aliphatic carbocycles. The number of aliphatic carboxylic acids is 1. The summed E-state index contributed by atoms with van der Waals surface area (Å²) in [6.45, 7) is 4.30. The van der Waals surface area contributed by atoms with Crippen molar-refractivity contribution in [3.8, 4) is 5.75 Å². The van der Waals surface area contributed by atoms with Gasteiger partial charge in [-0.3, -0.25) is 4.79 Å². The molecule has 0 spiro atoms. The zero-order valence-electron chi connectivity index (χ0n) is 11.5. The number of carboxylic acid groups (broad SMARTS) is 1. The van der Waals surface area contributed by atoms with Crippen LogP contribution in [0.15, 0.2) is 36.9 Å². The largest absolute Gasteiger partial charge is 0.489 e. The summed E-state index contributed by atoms with van der Waals surface area (Å²) < 4.78 is 5.48. The van der Waals surface area contributed by atoms with E-state index in [9.17, 15) is 14.7 Å². The van der Waals surface area contributed by atoms with E-state index in [0.717, 1.165) is 5.75 Å². The molecule has 1 aromatic carbocycles. The highest BCUT2D eigenvalue weighted by Crippen LogP contribution is 2.24. The first-order chi connectivity index (χ1) is 10.1. The summed E-state index contributed by atoms with van der Waals surface area (Å²) in [5.74, 6) is 0.328. The smallest absolute Gasteiger partial charge is 0.327 e. The minimum Gasteiger partial charge on any atom is -0.489 e. The second-order valence-corrected chi connectivity index (χ2v) is 5.67. The van der Waals surface area contributed by atoms with Crippen molar-refractivity contribution in [2.75, 3.05) is 24.7 Å². The fraction of sp³-hybridized carbons (Fsp3) is 0.333. The maximum absolute atomic E-state index is 12.6. The summed E-state index contributed by atoms with van der Waals surface area (Å²) in [6.07, 6.45) is 1.60. The van der Waals surface area contributed by atoms with Crippen molar-refractivity contribution < 1.29 is 19.4 Å². The minimum absolute atomic E-state index is 0.294. The Morgan fingerprint density at radius 3 is 2.95 bits per heavy atom. The summed E-state index contributed by atoms with van der Waals surface area (Å²) in [5, 5.41) is 9.26. The van der Waals surface area contributed by atoms with E-state index >= 15 is 0 Å². The van der Waals surface area contributed by atoms with Gasteiger partial charge in [-0.1, -0.05) is 24.8 Å². The van der Waals surface area contributed by atoms with Crippen molar-refractivity contribution in [1.82, 2.24) is 4.90 Å². The zero-order valence-corrected chi connectivity index (χ0v) is 12.3. The highest BCUT2D eigenvalue weighted by atomic mass is 32.2. The normalized spacial score (nSPS) is 18.1. The lowest BCUT2D eigenvalue weighted by Gasteiger charge is -2.33. The van der Waals surface area contributed by atoms with E-state index < -0.39 is 12.0 Å². The number of ether oxygens (including phenoxy) is 1. The number of carbonyl (C=O) groups excluding carboxylic acids is 1. The Kier molecular flexibility index (Phi) is 5.27. The van der Waals surface area contributed by atoms with Crippen LogP contribution in [0, 0.1) is 0 Å². The van der Waals surface area contributed by atoms with Crippen LogP contribution in [0.3, 0.4) is 0 Å². The molecule has 0 radical (unpaired) electrons. The van der Waals surface area contributed by atoms with Crippen molar-refractivity contribution in [2.24, 2.45) is 0 Å². The van der Waals surface area contributed by atoms with Crippen LogP contribution in [0.2, 0.25) is 0 Å². The number of para-hydroxylation sites is 1. The number of carboxylic acids is 1. The molecule has 1 aromatic rings. The number of nitrogens with zero attached hydrogens (tertiary/aromatic N) is 1. The molecule has 1 fully saturated rings. The Labute approximate surface area is 127 Å². The van der Waals surface area contributed by atoms with Crippen LogP contribution < -0.4 is 4.74 Å². The van der Waals surface area contributed by atoms with Gasteiger partial charge < -0.3 is 14.7 Å². The van der Waals surface area contributed by atoms with Crippen LogP contribution in [0.5, 0.6) is 5.75 Å². The quantitative estimate of drug-likeness (QED) is 0.842. The summed E-state index contributed by atoms with van der Waals surface area (Å²) >= 11 is 1.55. The predicted molar refractivity (Wildman–Crippen MR) is 81.9 cm³/mol. The van der Waals surface area contributed by atoms with Gasteiger partial charge in [0.1, 0.15) is 18.4 Å². The van der Waals surface area contributed by atoms with E-state index in [-0.39, 0.29) is 5.91 Å². The fourth-order valence-electron chi connectivity index (χ4n) is 2.12. The third-order valence-corrected chi connectivity index (χ3v) is 4.17. The Morgan fingerprint density at radius 2 is 2.24 bits per heavy atom. The average Bonchev–Trinajstić information content (AvgIpc) is 2.52. The summed E-state index contributed by atoms with van der Waals surface area (Å²) in [6, 6.07) is 6.08. The number of hydrogen-bond donors (Lipinski definition) is 1. The first kappa shape index (κ1) is 15.4. The Morgan fingerprint density at radius 1 is 1.48 bits per heavy atom. The molecular weight excluding hydrogens is 290 g/mol. The molecule has 1 amide bonds. The fourth-order valence-corrected chi connectivity index (χ4v) is 3.16. The van der Waals surface area contributed by atoms with E-state index in [1.165, 1.54) is 4.90 Å². The molecule has 1 aliphatic heterocycles. The van der Waals surface area contributed by atoms with Crippen molar-refractivity contribution in [1.29, 1.82) is 0 Å². The molecule has 1 heterocycles. The minimum atomic E-state index is -0.972. The molecule has 2 rings (SSSR count). The van der Waals surface area contributed by atoms with E-state index in [2.05, 4.69) is 6.58 Å². The van der Waals surface area contributed by atoms with Gasteiger partial charge in [0.05, 0.1) is 5.56 Å². The SMILES string of the molecule is C=CCOc1ccccc1C(=O)N1CCSCC1C(=O)O. The van der Waals surface area contributed by atoms with Gasteiger partial charge in [-0.15, -0.1) is 0 Å². The van der Waals surface area contributed by atoms with Crippen LogP contribution in [0.25, 0.3) is 0 Å². The molecule has 5 nitrogen and oxygen atoms in total. The molecule has 0 saturated carbocycles. The maximum atomic E-state index is 12.6. The lowest BCUT2D eigenvalue weighted by Crippen LogP contribution is -2.50. The predicted octanol–water partition coefficient (Wildman–Crippen LogP) is 1.89. The van der Waals surface area contributed by atoms with Crippen LogP contribution in [-0.4, -0.2) is 52.6 Å². The Bertz CT molecular complexity index is 546. The molecule has 1 aliphatic rings. The number of amides is 1. The van der Waals surface area contributed by atoms with Crippen molar-refractivity contribution in [3.63, 3.8) is 0 Å². The standard InChI is InChI=1S/C15H17NO4S/c1-2-8-20-13-6-4-3-5-11(13)14(17)16-7-9-21-10-12(16)15(18)19/h2-6,12H,1,7-10H2,(H,18,19). The average molecular weight is 307 g/mol. The summed E-state index contributed by atoms with van der Waals surface area (Å²) in [7, 11) is 0. The van der Waals surface area contributed by atoms with Crippen LogP contribution in [-0.2, 0) is 4.79 Å². The van der Waals surface area contributed by atoms with Gasteiger partial charge in [-0.2, -0.15) is 11.8 Å². The zero-order chi connectivity index (χ0) is 15.2. The van der Waals surface area contributed by atoms with Gasteiger partial charge in [0.15, 0.2) is 0 Å². The molecule has 1 unspecified atom stereocenters.